The number of phenolic OH excluding ortho intramolecular Hbond substituents is 1. The molecule has 0 heterocycles. The Labute approximate surface area is 90.0 Å². The van der Waals surface area contributed by atoms with Gasteiger partial charge in [0, 0.05) is 12.0 Å². The molecular weight excluding hydrogens is 221 g/mol. The molecule has 1 aromatic carbocycles. The summed E-state index contributed by atoms with van der Waals surface area (Å²) in [6.45, 7) is 0. The minimum atomic E-state index is -4.47. The van der Waals surface area contributed by atoms with Crippen LogP contribution in [0.1, 0.15) is 17.5 Å². The first kappa shape index (κ1) is 12.3. The Morgan fingerprint density at radius 1 is 1.31 bits per heavy atom. The topological polar surface area (TPSA) is 37.3 Å². The Morgan fingerprint density at radius 2 is 2.00 bits per heavy atom. The zero-order valence-corrected chi connectivity index (χ0v) is 8.16. The van der Waals surface area contributed by atoms with Crippen molar-refractivity contribution in [3.05, 3.63) is 35.4 Å². The number of aldehydes is 1. The molecule has 16 heavy (non-hydrogen) atoms. The van der Waals surface area contributed by atoms with Crippen LogP contribution < -0.4 is 0 Å². The third-order valence-electron chi connectivity index (χ3n) is 1.89. The molecule has 0 aliphatic rings. The summed E-state index contributed by atoms with van der Waals surface area (Å²) in [6, 6.07) is 2.68. The van der Waals surface area contributed by atoms with Crippen molar-refractivity contribution in [2.75, 3.05) is 0 Å². The number of aromatic hydroxyl groups is 1. The van der Waals surface area contributed by atoms with Crippen molar-refractivity contribution in [2.24, 2.45) is 0 Å². The number of rotatable bonds is 3. The Bertz CT molecular complexity index is 408. The van der Waals surface area contributed by atoms with Crippen molar-refractivity contribution in [2.45, 2.75) is 12.6 Å². The quantitative estimate of drug-likeness (QED) is 0.810. The Hall–Kier alpha value is -1.78. The summed E-state index contributed by atoms with van der Waals surface area (Å²) in [5.74, 6) is -0.461. The molecule has 1 rings (SSSR count). The lowest BCUT2D eigenvalue weighted by molar-refractivity contribution is -0.137. The van der Waals surface area contributed by atoms with E-state index in [0.717, 1.165) is 12.1 Å². The predicted octanol–water partition coefficient (Wildman–Crippen LogP) is 3.01. The lowest BCUT2D eigenvalue weighted by atomic mass is 10.1. The third kappa shape index (κ3) is 3.12. The van der Waals surface area contributed by atoms with Crippen LogP contribution in [0.3, 0.4) is 0 Å². The van der Waals surface area contributed by atoms with E-state index in [9.17, 15) is 23.1 Å². The van der Waals surface area contributed by atoms with E-state index < -0.39 is 17.5 Å². The summed E-state index contributed by atoms with van der Waals surface area (Å²) in [4.78, 5) is 10.0. The first-order valence-electron chi connectivity index (χ1n) is 4.45. The summed E-state index contributed by atoms with van der Waals surface area (Å²) in [6.07, 6.45) is -0.820. The largest absolute Gasteiger partial charge is 0.507 e. The number of carbonyl (C=O) groups is 1. The molecule has 0 bridgehead atoms. The van der Waals surface area contributed by atoms with Crippen LogP contribution in [0.25, 0.3) is 6.08 Å². The van der Waals surface area contributed by atoms with Crippen LogP contribution >= 0.6 is 0 Å². The van der Waals surface area contributed by atoms with Gasteiger partial charge in [0.05, 0.1) is 5.56 Å². The minimum absolute atomic E-state index is 0.153. The fraction of sp³-hybridized carbons (Fsp3) is 0.182. The summed E-state index contributed by atoms with van der Waals surface area (Å²) in [7, 11) is 0. The number of hydrogen-bond donors (Lipinski definition) is 1. The van der Waals surface area contributed by atoms with Crippen LogP contribution in [0.15, 0.2) is 24.3 Å². The standard InChI is InChI=1S/C11H9F3O2/c12-11(13,14)9-5-4-8(10(16)7-9)3-1-2-6-15/h1,3-7,16H,2H2. The highest BCUT2D eigenvalue weighted by molar-refractivity contribution is 5.61. The van der Waals surface area contributed by atoms with E-state index >= 15 is 0 Å². The van der Waals surface area contributed by atoms with Crippen molar-refractivity contribution < 1.29 is 23.1 Å². The molecular formula is C11H9F3O2. The number of allylic oxidation sites excluding steroid dienone is 1. The van der Waals surface area contributed by atoms with Gasteiger partial charge in [0.15, 0.2) is 0 Å². The molecule has 0 aliphatic carbocycles. The number of phenols is 1. The van der Waals surface area contributed by atoms with Crippen LogP contribution in [0.5, 0.6) is 5.75 Å². The van der Waals surface area contributed by atoms with Gasteiger partial charge in [0.25, 0.3) is 0 Å². The summed E-state index contributed by atoms with van der Waals surface area (Å²) in [5.41, 5.74) is -0.660. The highest BCUT2D eigenvalue weighted by Gasteiger charge is 2.30. The normalized spacial score (nSPS) is 11.9. The van der Waals surface area contributed by atoms with Gasteiger partial charge < -0.3 is 9.90 Å². The summed E-state index contributed by atoms with van der Waals surface area (Å²) in [5, 5.41) is 9.31. The van der Waals surface area contributed by atoms with E-state index in [1.165, 1.54) is 12.2 Å². The Morgan fingerprint density at radius 3 is 2.50 bits per heavy atom. The highest BCUT2D eigenvalue weighted by atomic mass is 19.4. The van der Waals surface area contributed by atoms with Gasteiger partial charge in [0.2, 0.25) is 0 Å². The summed E-state index contributed by atoms with van der Waals surface area (Å²) < 4.78 is 36.7. The van der Waals surface area contributed by atoms with Gasteiger partial charge in [-0.2, -0.15) is 13.2 Å². The molecule has 0 saturated heterocycles. The molecule has 0 amide bonds. The Kier molecular flexibility index (Phi) is 3.71. The fourth-order valence-electron chi connectivity index (χ4n) is 1.11. The lowest BCUT2D eigenvalue weighted by Crippen LogP contribution is -2.04. The molecule has 0 saturated carbocycles. The van der Waals surface area contributed by atoms with Crippen molar-refractivity contribution in [3.63, 3.8) is 0 Å². The molecule has 0 aromatic heterocycles. The highest BCUT2D eigenvalue weighted by Crippen LogP contribution is 2.32. The van der Waals surface area contributed by atoms with E-state index in [2.05, 4.69) is 0 Å². The summed E-state index contributed by atoms with van der Waals surface area (Å²) >= 11 is 0. The molecule has 1 aromatic rings. The molecule has 0 aliphatic heterocycles. The van der Waals surface area contributed by atoms with Crippen molar-refractivity contribution in [1.29, 1.82) is 0 Å². The number of carbonyl (C=O) groups excluding carboxylic acids is 1. The van der Waals surface area contributed by atoms with E-state index in [1.807, 2.05) is 0 Å². The maximum atomic E-state index is 12.2. The maximum Gasteiger partial charge on any atom is 0.416 e. The molecule has 0 fully saturated rings. The van der Waals surface area contributed by atoms with Gasteiger partial charge in [0.1, 0.15) is 12.0 Å². The zero-order chi connectivity index (χ0) is 12.2. The van der Waals surface area contributed by atoms with Crippen LogP contribution in [-0.2, 0) is 11.0 Å². The van der Waals surface area contributed by atoms with Gasteiger partial charge >= 0.3 is 6.18 Å². The van der Waals surface area contributed by atoms with E-state index in [4.69, 9.17) is 0 Å². The van der Waals surface area contributed by atoms with Crippen molar-refractivity contribution >= 4 is 12.4 Å². The monoisotopic (exact) mass is 230 g/mol. The third-order valence-corrected chi connectivity index (χ3v) is 1.89. The lowest BCUT2D eigenvalue weighted by Gasteiger charge is -2.07. The van der Waals surface area contributed by atoms with E-state index in [-0.39, 0.29) is 12.0 Å². The molecule has 0 radical (unpaired) electrons. The average Bonchev–Trinajstić information content (AvgIpc) is 2.19. The number of benzene rings is 1. The molecule has 1 N–H and O–H groups in total. The van der Waals surface area contributed by atoms with Crippen molar-refractivity contribution in [1.82, 2.24) is 0 Å². The van der Waals surface area contributed by atoms with Gasteiger partial charge in [-0.3, -0.25) is 0 Å². The number of alkyl halides is 3. The Balaban J connectivity index is 2.96. The molecule has 0 spiro atoms. The maximum absolute atomic E-state index is 12.2. The van der Waals surface area contributed by atoms with Crippen LogP contribution in [0, 0.1) is 0 Å². The van der Waals surface area contributed by atoms with Gasteiger partial charge in [-0.25, -0.2) is 0 Å². The number of halogens is 3. The second-order valence-corrected chi connectivity index (χ2v) is 3.08. The van der Waals surface area contributed by atoms with E-state index in [1.54, 1.807) is 0 Å². The predicted molar refractivity (Wildman–Crippen MR) is 52.8 cm³/mol. The van der Waals surface area contributed by atoms with E-state index in [0.29, 0.717) is 12.4 Å². The minimum Gasteiger partial charge on any atom is -0.507 e. The fourth-order valence-corrected chi connectivity index (χ4v) is 1.11. The average molecular weight is 230 g/mol. The van der Waals surface area contributed by atoms with Crippen molar-refractivity contribution in [3.8, 4) is 5.75 Å². The van der Waals surface area contributed by atoms with Crippen LogP contribution in [0.4, 0.5) is 13.2 Å². The SMILES string of the molecule is O=CCC=Cc1ccc(C(F)(F)F)cc1O. The first-order valence-corrected chi connectivity index (χ1v) is 4.45. The molecule has 86 valence electrons. The van der Waals surface area contributed by atoms with Crippen LogP contribution in [0.2, 0.25) is 0 Å². The van der Waals surface area contributed by atoms with Crippen LogP contribution in [-0.4, -0.2) is 11.4 Å². The molecule has 2 nitrogen and oxygen atoms in total. The number of hydrogen-bond acceptors (Lipinski definition) is 2. The molecule has 5 heteroatoms. The molecule has 0 unspecified atom stereocenters. The second-order valence-electron chi connectivity index (χ2n) is 3.08. The smallest absolute Gasteiger partial charge is 0.416 e. The second kappa shape index (κ2) is 4.83. The van der Waals surface area contributed by atoms with Gasteiger partial charge in [-0.15, -0.1) is 0 Å². The first-order chi connectivity index (χ1) is 7.45. The zero-order valence-electron chi connectivity index (χ0n) is 8.16. The van der Waals surface area contributed by atoms with Gasteiger partial charge in [-0.1, -0.05) is 18.2 Å². The van der Waals surface area contributed by atoms with Gasteiger partial charge in [-0.05, 0) is 12.1 Å². The molecule has 0 atom stereocenters.